The van der Waals surface area contributed by atoms with Crippen LogP contribution in [0.15, 0.2) is 47.0 Å². The van der Waals surface area contributed by atoms with Crippen molar-refractivity contribution in [1.82, 2.24) is 10.1 Å². The van der Waals surface area contributed by atoms with Crippen LogP contribution in [0.3, 0.4) is 0 Å². The molecule has 0 spiro atoms. The third-order valence-electron chi connectivity index (χ3n) is 4.05. The number of amides is 1. The van der Waals surface area contributed by atoms with E-state index in [-0.39, 0.29) is 24.0 Å². The number of carbonyl (C=O) groups excluding carboxylic acids is 2. The lowest BCUT2D eigenvalue weighted by Crippen LogP contribution is -2.15. The number of benzene rings is 2. The molecule has 7 nitrogen and oxygen atoms in total. The molecule has 3 rings (SSSR count). The van der Waals surface area contributed by atoms with E-state index in [4.69, 9.17) is 9.26 Å². The van der Waals surface area contributed by atoms with Crippen LogP contribution in [0.2, 0.25) is 0 Å². The average Bonchev–Trinajstić information content (AvgIpc) is 3.11. The maximum Gasteiger partial charge on any atom is 0.236 e. The van der Waals surface area contributed by atoms with Crippen molar-refractivity contribution >= 4 is 17.4 Å². The van der Waals surface area contributed by atoms with Gasteiger partial charge in [0.15, 0.2) is 5.78 Å². The minimum Gasteiger partial charge on any atom is -0.497 e. The van der Waals surface area contributed by atoms with Crippen LogP contribution in [-0.2, 0) is 11.2 Å². The molecule has 0 aliphatic rings. The molecule has 0 radical (unpaired) electrons. The molecule has 0 saturated carbocycles. The Bertz CT molecular complexity index is 977. The molecular formula is C20H19N3O4. The van der Waals surface area contributed by atoms with E-state index in [2.05, 4.69) is 15.5 Å². The van der Waals surface area contributed by atoms with Gasteiger partial charge in [-0.3, -0.25) is 9.59 Å². The summed E-state index contributed by atoms with van der Waals surface area (Å²) in [5.74, 6) is 0.967. The van der Waals surface area contributed by atoms with Crippen molar-refractivity contribution in [3.63, 3.8) is 0 Å². The fourth-order valence-electron chi connectivity index (χ4n) is 2.49. The second kappa shape index (κ2) is 7.82. The highest BCUT2D eigenvalue weighted by molar-refractivity contribution is 5.98. The summed E-state index contributed by atoms with van der Waals surface area (Å²) in [6, 6.07) is 12.4. The first kappa shape index (κ1) is 18.3. The largest absolute Gasteiger partial charge is 0.497 e. The molecule has 0 saturated heterocycles. The number of aryl methyl sites for hydroxylation is 1. The van der Waals surface area contributed by atoms with Gasteiger partial charge in [-0.05, 0) is 49.7 Å². The number of nitrogens with zero attached hydrogens (tertiary/aromatic N) is 2. The van der Waals surface area contributed by atoms with Crippen LogP contribution in [0.1, 0.15) is 28.7 Å². The zero-order valence-corrected chi connectivity index (χ0v) is 15.3. The Morgan fingerprint density at radius 1 is 1.15 bits per heavy atom. The van der Waals surface area contributed by atoms with Crippen LogP contribution in [0.5, 0.6) is 5.75 Å². The number of nitrogens with one attached hydrogen (secondary N) is 1. The van der Waals surface area contributed by atoms with Gasteiger partial charge in [0, 0.05) is 16.8 Å². The van der Waals surface area contributed by atoms with Crippen molar-refractivity contribution in [2.45, 2.75) is 20.3 Å². The summed E-state index contributed by atoms with van der Waals surface area (Å²) in [4.78, 5) is 28.1. The molecule has 2 aromatic carbocycles. The molecule has 7 heteroatoms. The summed E-state index contributed by atoms with van der Waals surface area (Å²) in [5.41, 5.74) is 2.74. The van der Waals surface area contributed by atoms with Gasteiger partial charge in [0.05, 0.1) is 7.11 Å². The van der Waals surface area contributed by atoms with Gasteiger partial charge in [0.2, 0.25) is 17.6 Å². The molecule has 0 aliphatic carbocycles. The second-order valence-corrected chi connectivity index (χ2v) is 6.05. The summed E-state index contributed by atoms with van der Waals surface area (Å²) in [6.45, 7) is 3.34. The molecule has 1 amide bonds. The number of methoxy groups -OCH3 is 1. The lowest BCUT2D eigenvalue weighted by atomic mass is 10.1. The van der Waals surface area contributed by atoms with E-state index in [9.17, 15) is 9.59 Å². The van der Waals surface area contributed by atoms with Gasteiger partial charge < -0.3 is 14.6 Å². The number of hydrogen-bond acceptors (Lipinski definition) is 6. The third kappa shape index (κ3) is 4.38. The number of ketones is 1. The molecule has 138 valence electrons. The van der Waals surface area contributed by atoms with E-state index in [0.717, 1.165) is 16.9 Å². The summed E-state index contributed by atoms with van der Waals surface area (Å²) in [6.07, 6.45) is -0.0626. The predicted molar refractivity (Wildman–Crippen MR) is 99.8 cm³/mol. The normalized spacial score (nSPS) is 10.5. The molecule has 0 atom stereocenters. The Hall–Kier alpha value is -3.48. The van der Waals surface area contributed by atoms with E-state index in [0.29, 0.717) is 17.1 Å². The topological polar surface area (TPSA) is 94.3 Å². The Balaban J connectivity index is 1.69. The Labute approximate surface area is 156 Å². The quantitative estimate of drug-likeness (QED) is 0.673. The molecule has 1 aromatic heterocycles. The lowest BCUT2D eigenvalue weighted by Gasteiger charge is -2.08. The monoisotopic (exact) mass is 365 g/mol. The van der Waals surface area contributed by atoms with Gasteiger partial charge in [-0.2, -0.15) is 4.98 Å². The van der Waals surface area contributed by atoms with Gasteiger partial charge >= 0.3 is 0 Å². The molecular weight excluding hydrogens is 346 g/mol. The summed E-state index contributed by atoms with van der Waals surface area (Å²) in [7, 11) is 1.59. The molecule has 0 fully saturated rings. The number of anilines is 1. The lowest BCUT2D eigenvalue weighted by molar-refractivity contribution is -0.115. The Kier molecular flexibility index (Phi) is 5.30. The molecule has 0 bridgehead atoms. The predicted octanol–water partition coefficient (Wildman–Crippen LogP) is 3.44. The summed E-state index contributed by atoms with van der Waals surface area (Å²) >= 11 is 0. The van der Waals surface area contributed by atoms with Crippen LogP contribution in [-0.4, -0.2) is 28.9 Å². The van der Waals surface area contributed by atoms with Crippen LogP contribution < -0.4 is 10.1 Å². The average molecular weight is 365 g/mol. The minimum atomic E-state index is -0.302. The second-order valence-electron chi connectivity index (χ2n) is 6.05. The highest BCUT2D eigenvalue weighted by atomic mass is 16.5. The smallest absolute Gasteiger partial charge is 0.236 e. The zero-order chi connectivity index (χ0) is 19.4. The maximum absolute atomic E-state index is 12.3. The van der Waals surface area contributed by atoms with Crippen molar-refractivity contribution in [3.05, 3.63) is 59.5 Å². The number of Topliss-reactive ketones (excluding diaryl/α,β-unsaturated/α-hetero) is 1. The fraction of sp³-hybridized carbons (Fsp3) is 0.200. The van der Waals surface area contributed by atoms with Gasteiger partial charge in [0.1, 0.15) is 12.2 Å². The first-order valence-electron chi connectivity index (χ1n) is 8.34. The van der Waals surface area contributed by atoms with E-state index in [1.54, 1.807) is 37.4 Å². The van der Waals surface area contributed by atoms with Gasteiger partial charge in [-0.1, -0.05) is 17.3 Å². The van der Waals surface area contributed by atoms with E-state index in [1.807, 2.05) is 19.1 Å². The van der Waals surface area contributed by atoms with Gasteiger partial charge in [0.25, 0.3) is 0 Å². The number of carbonyl (C=O) groups is 2. The zero-order valence-electron chi connectivity index (χ0n) is 15.3. The number of ether oxygens (including phenoxy) is 1. The van der Waals surface area contributed by atoms with Crippen molar-refractivity contribution in [2.75, 3.05) is 12.4 Å². The first-order chi connectivity index (χ1) is 13.0. The molecule has 27 heavy (non-hydrogen) atoms. The van der Waals surface area contributed by atoms with E-state index in [1.165, 1.54) is 6.92 Å². The Morgan fingerprint density at radius 2 is 1.89 bits per heavy atom. The summed E-state index contributed by atoms with van der Waals surface area (Å²) < 4.78 is 10.3. The van der Waals surface area contributed by atoms with Crippen LogP contribution in [0.4, 0.5) is 5.69 Å². The van der Waals surface area contributed by atoms with E-state index < -0.39 is 0 Å². The highest BCUT2D eigenvalue weighted by Gasteiger charge is 2.14. The fourth-order valence-corrected chi connectivity index (χ4v) is 2.49. The first-order valence-corrected chi connectivity index (χ1v) is 8.34. The molecule has 1 N–H and O–H groups in total. The van der Waals surface area contributed by atoms with Crippen LogP contribution in [0, 0.1) is 6.92 Å². The van der Waals surface area contributed by atoms with Gasteiger partial charge in [-0.15, -0.1) is 0 Å². The van der Waals surface area contributed by atoms with Crippen molar-refractivity contribution in [1.29, 1.82) is 0 Å². The minimum absolute atomic E-state index is 0.0626. The van der Waals surface area contributed by atoms with Crippen molar-refractivity contribution < 1.29 is 18.8 Å². The molecule has 0 unspecified atom stereocenters. The molecule has 3 aromatic rings. The standard InChI is InChI=1S/C20H19N3O4/c1-12-4-5-15(13(2)24)10-17(12)21-18(25)11-19-22-20(23-27-19)14-6-8-16(26-3)9-7-14/h4-10H,11H2,1-3H3,(H,21,25). The molecule has 0 aliphatic heterocycles. The van der Waals surface area contributed by atoms with Crippen molar-refractivity contribution in [3.8, 4) is 17.1 Å². The SMILES string of the molecule is COc1ccc(-c2noc(CC(=O)Nc3cc(C(C)=O)ccc3C)n2)cc1. The van der Waals surface area contributed by atoms with Crippen LogP contribution >= 0.6 is 0 Å². The number of hydrogen-bond donors (Lipinski definition) is 1. The summed E-state index contributed by atoms with van der Waals surface area (Å²) in [5, 5.41) is 6.69. The number of aromatic nitrogens is 2. The van der Waals surface area contributed by atoms with E-state index >= 15 is 0 Å². The highest BCUT2D eigenvalue weighted by Crippen LogP contribution is 2.21. The van der Waals surface area contributed by atoms with Crippen molar-refractivity contribution in [2.24, 2.45) is 0 Å². The molecule has 1 heterocycles. The maximum atomic E-state index is 12.3. The number of rotatable bonds is 6. The Morgan fingerprint density at radius 3 is 2.56 bits per heavy atom. The van der Waals surface area contributed by atoms with Gasteiger partial charge in [-0.25, -0.2) is 0 Å². The van der Waals surface area contributed by atoms with Crippen LogP contribution in [0.25, 0.3) is 11.4 Å². The third-order valence-corrected chi connectivity index (χ3v) is 4.05.